The number of halogens is 1. The lowest BCUT2D eigenvalue weighted by Crippen LogP contribution is -2.19. The van der Waals surface area contributed by atoms with Gasteiger partial charge in [0.1, 0.15) is 12.4 Å². The fourth-order valence-corrected chi connectivity index (χ4v) is 3.37. The van der Waals surface area contributed by atoms with Crippen LogP contribution in [0.5, 0.6) is 5.75 Å². The number of para-hydroxylation sites is 1. The summed E-state index contributed by atoms with van der Waals surface area (Å²) in [7, 11) is 0. The van der Waals surface area contributed by atoms with E-state index < -0.39 is 0 Å². The van der Waals surface area contributed by atoms with Crippen LogP contribution < -0.4 is 10.2 Å². The molecule has 5 nitrogen and oxygen atoms in total. The largest absolute Gasteiger partial charge is 0.489 e. The van der Waals surface area contributed by atoms with Crippen LogP contribution in [0.4, 0.5) is 0 Å². The third-order valence-electron chi connectivity index (χ3n) is 4.61. The minimum Gasteiger partial charge on any atom is -0.489 e. The summed E-state index contributed by atoms with van der Waals surface area (Å²) in [4.78, 5) is 12.6. The second-order valence-corrected chi connectivity index (χ2v) is 8.04. The van der Waals surface area contributed by atoms with E-state index in [4.69, 9.17) is 4.74 Å². The molecule has 0 fully saturated rings. The van der Waals surface area contributed by atoms with E-state index in [1.54, 1.807) is 12.3 Å². The number of hydrogen-bond donors (Lipinski definition) is 1. The van der Waals surface area contributed by atoms with Crippen molar-refractivity contribution in [3.63, 3.8) is 0 Å². The number of amides is 1. The fraction of sp³-hybridized carbons (Fsp3) is 0.0400. The van der Waals surface area contributed by atoms with Crippen LogP contribution in [0.3, 0.4) is 0 Å². The number of nitrogens with one attached hydrogen (secondary N) is 1. The van der Waals surface area contributed by atoms with Crippen LogP contribution in [-0.2, 0) is 6.61 Å². The van der Waals surface area contributed by atoms with E-state index in [0.29, 0.717) is 12.2 Å². The molecule has 31 heavy (non-hydrogen) atoms. The Kier molecular flexibility index (Phi) is 6.78. The zero-order valence-corrected chi connectivity index (χ0v) is 18.8. The van der Waals surface area contributed by atoms with Gasteiger partial charge >= 0.3 is 0 Å². The molecule has 1 N–H and O–H groups in total. The van der Waals surface area contributed by atoms with Gasteiger partial charge in [-0.05, 0) is 94.4 Å². The average Bonchev–Trinajstić information content (AvgIpc) is 3.34. The summed E-state index contributed by atoms with van der Waals surface area (Å²) >= 11 is 2.28. The number of ether oxygens (including phenoxy) is 1. The minimum absolute atomic E-state index is 0.266. The first-order chi connectivity index (χ1) is 15.2. The molecule has 3 aromatic carbocycles. The number of aromatic nitrogens is 1. The summed E-state index contributed by atoms with van der Waals surface area (Å²) in [6.45, 7) is 0.515. The van der Waals surface area contributed by atoms with Crippen molar-refractivity contribution >= 4 is 34.7 Å². The molecule has 0 saturated carbocycles. The number of benzene rings is 3. The third-order valence-corrected chi connectivity index (χ3v) is 5.33. The Balaban J connectivity index is 1.34. The van der Waals surface area contributed by atoms with E-state index in [0.717, 1.165) is 22.6 Å². The van der Waals surface area contributed by atoms with Gasteiger partial charge in [0, 0.05) is 16.0 Å². The van der Waals surface area contributed by atoms with E-state index >= 15 is 0 Å². The zero-order chi connectivity index (χ0) is 21.5. The summed E-state index contributed by atoms with van der Waals surface area (Å²) in [5.41, 5.74) is 5.93. The Morgan fingerprint density at radius 1 is 0.935 bits per heavy atom. The van der Waals surface area contributed by atoms with Crippen molar-refractivity contribution in [1.82, 2.24) is 9.99 Å². The highest BCUT2D eigenvalue weighted by atomic mass is 127. The molecule has 0 saturated heterocycles. The molecule has 154 valence electrons. The smallest absolute Gasteiger partial charge is 0.273 e. The van der Waals surface area contributed by atoms with Gasteiger partial charge in [0.2, 0.25) is 0 Å². The lowest BCUT2D eigenvalue weighted by atomic mass is 10.1. The molecule has 0 aliphatic heterocycles. The average molecular weight is 521 g/mol. The van der Waals surface area contributed by atoms with Crippen molar-refractivity contribution in [2.45, 2.75) is 6.61 Å². The third kappa shape index (κ3) is 5.61. The predicted octanol–water partition coefficient (Wildman–Crippen LogP) is 5.42. The molecule has 4 rings (SSSR count). The van der Waals surface area contributed by atoms with Gasteiger partial charge in [-0.25, -0.2) is 5.43 Å². The van der Waals surface area contributed by atoms with Gasteiger partial charge in [0.05, 0.1) is 17.5 Å². The van der Waals surface area contributed by atoms with Crippen molar-refractivity contribution in [2.24, 2.45) is 5.10 Å². The number of hydrogen-bond acceptors (Lipinski definition) is 3. The van der Waals surface area contributed by atoms with Crippen molar-refractivity contribution < 1.29 is 9.53 Å². The normalized spacial score (nSPS) is 10.9. The second-order valence-electron chi connectivity index (χ2n) is 6.79. The summed E-state index contributed by atoms with van der Waals surface area (Å²) in [5.74, 6) is 0.512. The molecule has 0 unspecified atom stereocenters. The molecule has 0 radical (unpaired) electrons. The van der Waals surface area contributed by atoms with Crippen molar-refractivity contribution in [2.75, 3.05) is 0 Å². The van der Waals surface area contributed by atoms with E-state index in [1.807, 2.05) is 71.6 Å². The zero-order valence-electron chi connectivity index (χ0n) is 16.6. The van der Waals surface area contributed by atoms with E-state index in [-0.39, 0.29) is 5.91 Å². The number of rotatable bonds is 7. The van der Waals surface area contributed by atoms with Gasteiger partial charge < -0.3 is 9.30 Å². The van der Waals surface area contributed by atoms with Gasteiger partial charge in [-0.15, -0.1) is 0 Å². The summed E-state index contributed by atoms with van der Waals surface area (Å²) in [6, 6.07) is 27.0. The van der Waals surface area contributed by atoms with Gasteiger partial charge in [-0.1, -0.05) is 24.3 Å². The number of hydrazone groups is 1. The Labute approximate surface area is 194 Å². The van der Waals surface area contributed by atoms with Crippen LogP contribution in [0.15, 0.2) is 102 Å². The number of carbonyl (C=O) groups is 1. The highest BCUT2D eigenvalue weighted by Crippen LogP contribution is 2.16. The monoisotopic (exact) mass is 521 g/mol. The van der Waals surface area contributed by atoms with Crippen molar-refractivity contribution in [1.29, 1.82) is 0 Å². The first-order valence-corrected chi connectivity index (χ1v) is 10.8. The fourth-order valence-electron chi connectivity index (χ4n) is 3.01. The molecule has 6 heteroatoms. The van der Waals surface area contributed by atoms with E-state index in [2.05, 4.69) is 57.4 Å². The van der Waals surface area contributed by atoms with Gasteiger partial charge in [-0.2, -0.15) is 5.10 Å². The maximum atomic E-state index is 12.6. The molecule has 1 heterocycles. The minimum atomic E-state index is -0.266. The summed E-state index contributed by atoms with van der Waals surface area (Å²) < 4.78 is 8.91. The van der Waals surface area contributed by atoms with Crippen molar-refractivity contribution in [3.8, 4) is 11.4 Å². The van der Waals surface area contributed by atoms with Crippen LogP contribution in [-0.4, -0.2) is 16.7 Å². The standard InChI is InChI=1S/C25H20IN3O2/c26-21-11-7-20(8-12-21)18-31-22-13-9-19(10-14-22)17-27-28-25(30)23-5-1-2-6-24(23)29-15-3-4-16-29/h1-17H,18H2,(H,28,30)/b27-17-. The maximum Gasteiger partial charge on any atom is 0.273 e. The quantitative estimate of drug-likeness (QED) is 0.201. The van der Waals surface area contributed by atoms with Crippen LogP contribution in [0.25, 0.3) is 5.69 Å². The topological polar surface area (TPSA) is 55.6 Å². The summed E-state index contributed by atoms with van der Waals surface area (Å²) in [5, 5.41) is 4.10. The Hall–Kier alpha value is -3.39. The molecule has 0 aliphatic rings. The lowest BCUT2D eigenvalue weighted by Gasteiger charge is -2.09. The van der Waals surface area contributed by atoms with E-state index in [9.17, 15) is 4.79 Å². The number of nitrogens with zero attached hydrogens (tertiary/aromatic N) is 2. The van der Waals surface area contributed by atoms with Crippen LogP contribution in [0.2, 0.25) is 0 Å². The highest BCUT2D eigenvalue weighted by Gasteiger charge is 2.10. The molecule has 0 aliphatic carbocycles. The maximum absolute atomic E-state index is 12.6. The molecule has 1 amide bonds. The van der Waals surface area contributed by atoms with Crippen molar-refractivity contribution in [3.05, 3.63) is 118 Å². The molecule has 1 aromatic heterocycles. The van der Waals surface area contributed by atoms with Crippen LogP contribution in [0, 0.1) is 3.57 Å². The van der Waals surface area contributed by atoms with Gasteiger partial charge in [0.15, 0.2) is 0 Å². The van der Waals surface area contributed by atoms with Crippen LogP contribution in [0.1, 0.15) is 21.5 Å². The predicted molar refractivity (Wildman–Crippen MR) is 131 cm³/mol. The van der Waals surface area contributed by atoms with E-state index in [1.165, 1.54) is 3.57 Å². The van der Waals surface area contributed by atoms with Crippen LogP contribution >= 0.6 is 22.6 Å². The number of carbonyl (C=O) groups excluding carboxylic acids is 1. The molecule has 4 aromatic rings. The summed E-state index contributed by atoms with van der Waals surface area (Å²) in [6.07, 6.45) is 5.41. The first-order valence-electron chi connectivity index (χ1n) is 9.72. The van der Waals surface area contributed by atoms with Gasteiger partial charge in [-0.3, -0.25) is 4.79 Å². The Bertz CT molecular complexity index is 1170. The Morgan fingerprint density at radius 3 is 2.39 bits per heavy atom. The SMILES string of the molecule is O=C(N/N=C\c1ccc(OCc2ccc(I)cc2)cc1)c1ccccc1-n1cccc1. The molecule has 0 atom stereocenters. The Morgan fingerprint density at radius 2 is 1.65 bits per heavy atom. The molecular formula is C25H20IN3O2. The van der Waals surface area contributed by atoms with Gasteiger partial charge in [0.25, 0.3) is 5.91 Å². The molecular weight excluding hydrogens is 501 g/mol. The highest BCUT2D eigenvalue weighted by molar-refractivity contribution is 14.1. The lowest BCUT2D eigenvalue weighted by molar-refractivity contribution is 0.0955. The molecule has 0 bridgehead atoms. The molecule has 0 spiro atoms. The first kappa shape index (κ1) is 20.9. The second kappa shape index (κ2) is 10.1.